The molecule has 1 N–H and O–H groups in total. The molecule has 160 valence electrons. The molecule has 0 aliphatic heterocycles. The van der Waals surface area contributed by atoms with E-state index in [1.54, 1.807) is 36.4 Å². The average molecular weight is 528 g/mol. The van der Waals surface area contributed by atoms with E-state index in [0.717, 1.165) is 0 Å². The van der Waals surface area contributed by atoms with E-state index in [4.69, 9.17) is 11.6 Å². The second-order valence-corrected chi connectivity index (χ2v) is 9.26. The van der Waals surface area contributed by atoms with E-state index in [-0.39, 0.29) is 27.5 Å². The maximum atomic E-state index is 13.0. The van der Waals surface area contributed by atoms with E-state index < -0.39 is 5.43 Å². The number of rotatable bonds is 6. The Bertz CT molecular complexity index is 1400. The number of aromatic nitrogens is 2. The number of nitrogens with zero attached hydrogens (tertiary/aromatic N) is 1. The minimum Gasteiger partial charge on any atom is -0.348 e. The molecule has 0 radical (unpaired) electrons. The first-order valence-electron chi connectivity index (χ1n) is 9.59. The van der Waals surface area contributed by atoms with Crippen LogP contribution in [0.25, 0.3) is 10.9 Å². The number of aromatic amines is 1. The summed E-state index contributed by atoms with van der Waals surface area (Å²) in [6.45, 7) is 1.36. The lowest BCUT2D eigenvalue weighted by atomic mass is 10.1. The van der Waals surface area contributed by atoms with Crippen molar-refractivity contribution in [1.29, 1.82) is 0 Å². The first-order valence-corrected chi connectivity index (χ1v) is 11.7. The van der Waals surface area contributed by atoms with Gasteiger partial charge in [0.25, 0.3) is 0 Å². The Morgan fingerprint density at radius 3 is 2.47 bits per heavy atom. The molecule has 8 heteroatoms. The summed E-state index contributed by atoms with van der Waals surface area (Å²) in [7, 11) is 0. The summed E-state index contributed by atoms with van der Waals surface area (Å²) in [4.78, 5) is 45.4. The molecule has 2 aromatic heterocycles. The van der Waals surface area contributed by atoms with Gasteiger partial charge >= 0.3 is 0 Å². The van der Waals surface area contributed by atoms with Gasteiger partial charge in [-0.15, -0.1) is 11.8 Å². The highest BCUT2D eigenvalue weighted by Gasteiger charge is 2.19. The molecule has 0 atom stereocenters. The maximum absolute atomic E-state index is 13.0. The molecule has 0 aliphatic carbocycles. The maximum Gasteiger partial charge on any atom is 0.202 e. The summed E-state index contributed by atoms with van der Waals surface area (Å²) in [5, 5.41) is 1.01. The molecule has 32 heavy (non-hydrogen) atoms. The van der Waals surface area contributed by atoms with E-state index >= 15 is 0 Å². The van der Waals surface area contributed by atoms with Crippen LogP contribution in [0.15, 0.2) is 75.1 Å². The predicted octanol–water partition coefficient (Wildman–Crippen LogP) is 6.06. The fourth-order valence-electron chi connectivity index (χ4n) is 3.27. The molecule has 0 saturated carbocycles. The Hall–Kier alpha value is -2.74. The number of carbonyl (C=O) groups is 2. The second kappa shape index (κ2) is 9.40. The Morgan fingerprint density at radius 1 is 1.06 bits per heavy atom. The van der Waals surface area contributed by atoms with Crippen LogP contribution in [-0.4, -0.2) is 21.5 Å². The zero-order valence-electron chi connectivity index (χ0n) is 16.8. The molecule has 0 amide bonds. The number of carbonyl (C=O) groups excluding carboxylic acids is 2. The third-order valence-corrected chi connectivity index (χ3v) is 6.87. The van der Waals surface area contributed by atoms with Crippen LogP contribution in [-0.2, 0) is 5.75 Å². The van der Waals surface area contributed by atoms with Crippen LogP contribution in [0.4, 0.5) is 0 Å². The van der Waals surface area contributed by atoms with Crippen molar-refractivity contribution in [2.75, 3.05) is 0 Å². The number of H-pyrrole nitrogens is 1. The number of nitrogens with one attached hydrogen (secondary N) is 1. The van der Waals surface area contributed by atoms with Gasteiger partial charge in [-0.2, -0.15) is 0 Å². The standard InChI is InChI=1S/C24H16BrClN2O3S/c1-13(29)19-23(31)20-18(26)10-9-17(25)21(20)28-24(19)32-12-16-8-7-15(11-27-16)22(30)14-5-3-2-4-6-14/h2-11H,12H2,1H3,(H,28,31). The Morgan fingerprint density at radius 2 is 1.81 bits per heavy atom. The highest BCUT2D eigenvalue weighted by Crippen LogP contribution is 2.31. The molecule has 2 heterocycles. The molecule has 0 spiro atoms. The van der Waals surface area contributed by atoms with Crippen LogP contribution in [0.1, 0.15) is 38.9 Å². The molecule has 5 nitrogen and oxygen atoms in total. The van der Waals surface area contributed by atoms with E-state index in [9.17, 15) is 14.4 Å². The third kappa shape index (κ3) is 4.41. The molecular weight excluding hydrogens is 512 g/mol. The summed E-state index contributed by atoms with van der Waals surface area (Å²) in [5.41, 5.74) is 2.00. The largest absolute Gasteiger partial charge is 0.348 e. The summed E-state index contributed by atoms with van der Waals surface area (Å²) in [6, 6.07) is 15.9. The fraction of sp³-hybridized carbons (Fsp3) is 0.0833. The van der Waals surface area contributed by atoms with Crippen LogP contribution >= 0.6 is 39.3 Å². The minimum atomic E-state index is -0.406. The molecule has 0 fully saturated rings. The summed E-state index contributed by atoms with van der Waals surface area (Å²) in [6.07, 6.45) is 1.54. The highest BCUT2D eigenvalue weighted by molar-refractivity contribution is 9.10. The lowest BCUT2D eigenvalue weighted by molar-refractivity contribution is 0.101. The third-order valence-electron chi connectivity index (χ3n) is 4.86. The monoisotopic (exact) mass is 526 g/mol. The number of fused-ring (bicyclic) bond motifs is 1. The molecule has 0 aliphatic rings. The zero-order valence-corrected chi connectivity index (χ0v) is 20.0. The van der Waals surface area contributed by atoms with Crippen molar-refractivity contribution in [2.24, 2.45) is 0 Å². The van der Waals surface area contributed by atoms with Gasteiger partial charge in [0.2, 0.25) is 5.43 Å². The van der Waals surface area contributed by atoms with Crippen LogP contribution in [0.5, 0.6) is 0 Å². The number of halogens is 2. The molecule has 0 saturated heterocycles. The van der Waals surface area contributed by atoms with E-state index in [2.05, 4.69) is 25.9 Å². The topological polar surface area (TPSA) is 79.9 Å². The summed E-state index contributed by atoms with van der Waals surface area (Å²) in [5.74, 6) is -0.0417. The van der Waals surface area contributed by atoms with Crippen molar-refractivity contribution < 1.29 is 9.59 Å². The normalized spacial score (nSPS) is 11.0. The first-order chi connectivity index (χ1) is 15.4. The van der Waals surface area contributed by atoms with Crippen LogP contribution < -0.4 is 5.43 Å². The SMILES string of the molecule is CC(=O)c1c(SCc2ccc(C(=O)c3ccccc3)cn2)[nH]c2c(Br)ccc(Cl)c2c1=O. The van der Waals surface area contributed by atoms with Gasteiger partial charge in [0.05, 0.1) is 32.2 Å². The lowest BCUT2D eigenvalue weighted by Gasteiger charge is -2.11. The van der Waals surface area contributed by atoms with Gasteiger partial charge in [-0.05, 0) is 47.1 Å². The van der Waals surface area contributed by atoms with Gasteiger partial charge in [0.15, 0.2) is 11.6 Å². The van der Waals surface area contributed by atoms with Crippen molar-refractivity contribution in [3.63, 3.8) is 0 Å². The summed E-state index contributed by atoms with van der Waals surface area (Å²) >= 11 is 10.9. The van der Waals surface area contributed by atoms with Gasteiger partial charge in [0, 0.05) is 27.5 Å². The number of thioether (sulfide) groups is 1. The Kier molecular flexibility index (Phi) is 6.60. The van der Waals surface area contributed by atoms with Crippen molar-refractivity contribution >= 4 is 61.8 Å². The molecule has 2 aromatic carbocycles. The Labute approximate surface area is 201 Å². The fourth-order valence-corrected chi connectivity index (χ4v) is 4.97. The minimum absolute atomic E-state index is 0.0679. The smallest absolute Gasteiger partial charge is 0.202 e. The molecule has 0 unspecified atom stereocenters. The Balaban J connectivity index is 1.62. The van der Waals surface area contributed by atoms with Gasteiger partial charge in [-0.25, -0.2) is 0 Å². The number of benzene rings is 2. The lowest BCUT2D eigenvalue weighted by Crippen LogP contribution is -2.17. The average Bonchev–Trinajstić information content (AvgIpc) is 2.80. The molecule has 4 aromatic rings. The van der Waals surface area contributed by atoms with Crippen LogP contribution in [0.2, 0.25) is 5.02 Å². The number of Topliss-reactive ketones (excluding diaryl/α,β-unsaturated/α-hetero) is 1. The van der Waals surface area contributed by atoms with Crippen LogP contribution in [0, 0.1) is 0 Å². The molecule has 4 rings (SSSR count). The van der Waals surface area contributed by atoms with Gasteiger partial charge in [-0.1, -0.05) is 41.9 Å². The number of pyridine rings is 2. The zero-order chi connectivity index (χ0) is 22.8. The second-order valence-electron chi connectivity index (χ2n) is 7.02. The predicted molar refractivity (Wildman–Crippen MR) is 131 cm³/mol. The number of hydrogen-bond donors (Lipinski definition) is 1. The molecule has 0 bridgehead atoms. The van der Waals surface area contributed by atoms with E-state index in [0.29, 0.717) is 37.6 Å². The van der Waals surface area contributed by atoms with Crippen molar-refractivity contribution in [2.45, 2.75) is 17.7 Å². The van der Waals surface area contributed by atoms with Crippen molar-refractivity contribution in [1.82, 2.24) is 9.97 Å². The summed E-state index contributed by atoms with van der Waals surface area (Å²) < 4.78 is 0.674. The highest BCUT2D eigenvalue weighted by atomic mass is 79.9. The van der Waals surface area contributed by atoms with Gasteiger partial charge < -0.3 is 4.98 Å². The van der Waals surface area contributed by atoms with E-state index in [1.165, 1.54) is 24.9 Å². The quantitative estimate of drug-likeness (QED) is 0.243. The van der Waals surface area contributed by atoms with Crippen molar-refractivity contribution in [3.05, 3.63) is 103 Å². The number of ketones is 2. The van der Waals surface area contributed by atoms with Gasteiger partial charge in [-0.3, -0.25) is 19.4 Å². The molecular formula is C24H16BrClN2O3S. The number of hydrogen-bond acceptors (Lipinski definition) is 5. The van der Waals surface area contributed by atoms with E-state index in [1.807, 2.05) is 18.2 Å². The van der Waals surface area contributed by atoms with Gasteiger partial charge in [0.1, 0.15) is 0 Å². The van der Waals surface area contributed by atoms with Crippen LogP contribution in [0.3, 0.4) is 0 Å². The van der Waals surface area contributed by atoms with Crippen molar-refractivity contribution in [3.8, 4) is 0 Å². The first kappa shape index (κ1) is 22.5.